The van der Waals surface area contributed by atoms with E-state index < -0.39 is 19.0 Å². The summed E-state index contributed by atoms with van der Waals surface area (Å²) in [4.78, 5) is 33.5. The average Bonchev–Trinajstić information content (AvgIpc) is 3.61. The number of rotatable bonds is 8. The second kappa shape index (κ2) is 12.3. The summed E-state index contributed by atoms with van der Waals surface area (Å²) in [6.07, 6.45) is 6.38. The van der Waals surface area contributed by atoms with E-state index >= 15 is 0 Å². The maximum absolute atomic E-state index is 13.9. The van der Waals surface area contributed by atoms with E-state index in [1.807, 2.05) is 48.5 Å². The van der Waals surface area contributed by atoms with Crippen LogP contribution in [0.15, 0.2) is 96.2 Å². The number of aromatic hydroxyl groups is 1. The van der Waals surface area contributed by atoms with Crippen LogP contribution in [0.5, 0.6) is 5.75 Å². The lowest BCUT2D eigenvalue weighted by Crippen LogP contribution is -2.35. The van der Waals surface area contributed by atoms with Crippen molar-refractivity contribution in [2.45, 2.75) is 38.7 Å². The van der Waals surface area contributed by atoms with Crippen LogP contribution in [-0.4, -0.2) is 51.8 Å². The Kier molecular flexibility index (Phi) is 8.07. The summed E-state index contributed by atoms with van der Waals surface area (Å²) in [6, 6.07) is 23.6. The van der Waals surface area contributed by atoms with Crippen LogP contribution < -0.4 is 10.4 Å². The Bertz CT molecular complexity index is 1890. The van der Waals surface area contributed by atoms with Gasteiger partial charge in [0.05, 0.1) is 35.9 Å². The smallest absolute Gasteiger partial charge is 0.488 e. The molecule has 0 spiro atoms. The van der Waals surface area contributed by atoms with Gasteiger partial charge in [-0.15, -0.1) is 0 Å². The minimum atomic E-state index is -1.70. The molecule has 3 aromatic carbocycles. The van der Waals surface area contributed by atoms with Gasteiger partial charge in [0.15, 0.2) is 0 Å². The normalized spacial score (nSPS) is 22.8. The standard InChI is InChI=1S/C37H35BN2O6/c1-2-22-19-29-35(37(43)40(36(29)42)26-9-7-8-25(20-26)38(44)45)30-21-46-33(34(22)30)16-14-24(31-12-5-6-17-39-31)18-23-13-15-32(41)28-11-4-3-10-27(23)28/h3-13,15,17-18,20,29-30,33,35,41,44-45H,2,14,16,19,21H2,1H3/b24-18-/t29-,30+,33-,35-/m1/s1. The van der Waals surface area contributed by atoms with Gasteiger partial charge in [-0.2, -0.15) is 0 Å². The Morgan fingerprint density at radius 1 is 0.978 bits per heavy atom. The third-order valence-electron chi connectivity index (χ3n) is 9.80. The molecule has 7 rings (SSSR count). The number of imide groups is 1. The zero-order valence-corrected chi connectivity index (χ0v) is 25.5. The molecule has 0 radical (unpaired) electrons. The van der Waals surface area contributed by atoms with Crippen LogP contribution in [-0.2, 0) is 14.3 Å². The Labute approximate surface area is 267 Å². The number of nitrogens with zero attached hydrogens (tertiary/aromatic N) is 2. The summed E-state index contributed by atoms with van der Waals surface area (Å²) in [6.45, 7) is 2.47. The van der Waals surface area contributed by atoms with E-state index in [9.17, 15) is 24.7 Å². The molecule has 2 amide bonds. The van der Waals surface area contributed by atoms with Crippen molar-refractivity contribution in [1.29, 1.82) is 0 Å². The Balaban J connectivity index is 1.18. The van der Waals surface area contributed by atoms with Crippen LogP contribution in [0.4, 0.5) is 5.69 Å². The molecule has 2 aliphatic heterocycles. The van der Waals surface area contributed by atoms with E-state index in [1.165, 1.54) is 16.5 Å². The number of hydrogen-bond acceptors (Lipinski definition) is 7. The maximum atomic E-state index is 13.9. The fraction of sp³-hybridized carbons (Fsp3) is 0.270. The molecule has 232 valence electrons. The number of carbonyl (C=O) groups is 2. The first kappa shape index (κ1) is 30.1. The molecule has 2 fully saturated rings. The first-order chi connectivity index (χ1) is 22.4. The third-order valence-corrected chi connectivity index (χ3v) is 9.80. The fourth-order valence-corrected chi connectivity index (χ4v) is 7.62. The van der Waals surface area contributed by atoms with Crippen LogP contribution in [0.2, 0.25) is 0 Å². The van der Waals surface area contributed by atoms with Gasteiger partial charge in [0, 0.05) is 17.5 Å². The number of benzene rings is 3. The van der Waals surface area contributed by atoms with Crippen LogP contribution in [0.25, 0.3) is 22.4 Å². The maximum Gasteiger partial charge on any atom is 0.488 e. The molecule has 1 aromatic heterocycles. The predicted molar refractivity (Wildman–Crippen MR) is 178 cm³/mol. The first-order valence-electron chi connectivity index (χ1n) is 15.9. The Hall–Kier alpha value is -4.57. The van der Waals surface area contributed by atoms with Gasteiger partial charge >= 0.3 is 7.12 Å². The average molecular weight is 615 g/mol. The molecule has 4 aromatic rings. The zero-order valence-electron chi connectivity index (χ0n) is 25.5. The largest absolute Gasteiger partial charge is 0.507 e. The molecular formula is C37H35BN2O6. The lowest BCUT2D eigenvalue weighted by molar-refractivity contribution is -0.122. The number of hydrogen-bond donors (Lipinski definition) is 3. The van der Waals surface area contributed by atoms with Crippen molar-refractivity contribution in [3.63, 3.8) is 0 Å². The fourth-order valence-electron chi connectivity index (χ4n) is 7.62. The van der Waals surface area contributed by atoms with Crippen molar-refractivity contribution in [1.82, 2.24) is 4.98 Å². The molecule has 8 nitrogen and oxygen atoms in total. The second-order valence-corrected chi connectivity index (χ2v) is 12.3. The highest BCUT2D eigenvalue weighted by molar-refractivity contribution is 6.58. The third kappa shape index (κ3) is 5.24. The molecule has 1 aliphatic carbocycles. The summed E-state index contributed by atoms with van der Waals surface area (Å²) < 4.78 is 6.45. The topological polar surface area (TPSA) is 120 Å². The van der Waals surface area contributed by atoms with Crippen molar-refractivity contribution in [3.8, 4) is 5.75 Å². The monoisotopic (exact) mass is 614 g/mol. The molecule has 0 unspecified atom stereocenters. The second-order valence-electron chi connectivity index (χ2n) is 12.3. The lowest BCUT2D eigenvalue weighted by Gasteiger charge is -2.31. The molecule has 4 atom stereocenters. The molecule has 46 heavy (non-hydrogen) atoms. The molecule has 3 aliphatic rings. The highest BCUT2D eigenvalue weighted by atomic mass is 16.5. The van der Waals surface area contributed by atoms with Crippen molar-refractivity contribution in [2.24, 2.45) is 17.8 Å². The van der Waals surface area contributed by atoms with E-state index in [0.717, 1.165) is 39.6 Å². The van der Waals surface area contributed by atoms with Crippen molar-refractivity contribution < 1.29 is 29.5 Å². The molecule has 0 bridgehead atoms. The van der Waals surface area contributed by atoms with E-state index in [0.29, 0.717) is 31.6 Å². The number of ether oxygens (including phenoxy) is 1. The van der Waals surface area contributed by atoms with Crippen LogP contribution in [0.3, 0.4) is 0 Å². The van der Waals surface area contributed by atoms with Crippen molar-refractivity contribution in [3.05, 3.63) is 107 Å². The number of phenols is 1. The molecular weight excluding hydrogens is 579 g/mol. The Morgan fingerprint density at radius 2 is 1.78 bits per heavy atom. The summed E-state index contributed by atoms with van der Waals surface area (Å²) in [7, 11) is -1.70. The zero-order chi connectivity index (χ0) is 31.9. The molecule has 2 saturated heterocycles. The predicted octanol–water partition coefficient (Wildman–Crippen LogP) is 4.87. The van der Waals surface area contributed by atoms with Gasteiger partial charge in [-0.3, -0.25) is 19.5 Å². The number of anilines is 1. The number of carbonyl (C=O) groups excluding carboxylic acids is 2. The molecule has 9 heteroatoms. The van der Waals surface area contributed by atoms with E-state index in [2.05, 4.69) is 18.0 Å². The van der Waals surface area contributed by atoms with Gasteiger partial charge in [-0.05, 0) is 89.6 Å². The number of fused-ring (bicyclic) bond motifs is 4. The van der Waals surface area contributed by atoms with E-state index in [-0.39, 0.29) is 35.0 Å². The lowest BCUT2D eigenvalue weighted by atomic mass is 9.69. The quantitative estimate of drug-likeness (QED) is 0.147. The van der Waals surface area contributed by atoms with Crippen LogP contribution >= 0.6 is 0 Å². The summed E-state index contributed by atoms with van der Waals surface area (Å²) in [5.74, 6) is -1.42. The molecule has 3 N–H and O–H groups in total. The van der Waals surface area contributed by atoms with Gasteiger partial charge in [0.25, 0.3) is 0 Å². The van der Waals surface area contributed by atoms with Crippen molar-refractivity contribution in [2.75, 3.05) is 11.5 Å². The summed E-state index contributed by atoms with van der Waals surface area (Å²) in [5.41, 5.74) is 5.82. The molecule has 0 saturated carbocycles. The van der Waals surface area contributed by atoms with Gasteiger partial charge in [0.2, 0.25) is 11.8 Å². The number of pyridine rings is 1. The van der Waals surface area contributed by atoms with Gasteiger partial charge in [-0.25, -0.2) is 0 Å². The number of amides is 2. The van der Waals surface area contributed by atoms with E-state index in [4.69, 9.17) is 4.74 Å². The number of allylic oxidation sites excluding steroid dienone is 2. The SMILES string of the molecule is CCC1=C2[C@@H](CC/C(=C/c3ccc(O)c4ccccc34)c3ccccn3)OC[C@@H]2[C@@H]2C(=O)N(c3cccc(B(O)O)c3)C(=O)[C@@H]2C1. The Morgan fingerprint density at radius 3 is 2.54 bits per heavy atom. The first-order valence-corrected chi connectivity index (χ1v) is 15.9. The minimum Gasteiger partial charge on any atom is -0.507 e. The molecule has 3 heterocycles. The van der Waals surface area contributed by atoms with E-state index in [1.54, 1.807) is 30.5 Å². The van der Waals surface area contributed by atoms with Gasteiger partial charge in [-0.1, -0.05) is 61.0 Å². The highest BCUT2D eigenvalue weighted by Gasteiger charge is 2.57. The van der Waals surface area contributed by atoms with Crippen LogP contribution in [0.1, 0.15) is 43.9 Å². The van der Waals surface area contributed by atoms with Crippen LogP contribution in [0, 0.1) is 17.8 Å². The minimum absolute atomic E-state index is 0.185. The highest BCUT2D eigenvalue weighted by Crippen LogP contribution is 2.51. The number of aromatic nitrogens is 1. The van der Waals surface area contributed by atoms with Crippen molar-refractivity contribution >= 4 is 52.5 Å². The van der Waals surface area contributed by atoms with Gasteiger partial charge in [0.1, 0.15) is 5.75 Å². The summed E-state index contributed by atoms with van der Waals surface area (Å²) in [5, 5.41) is 31.5. The van der Waals surface area contributed by atoms with Gasteiger partial charge < -0.3 is 19.9 Å². The summed E-state index contributed by atoms with van der Waals surface area (Å²) >= 11 is 0. The number of phenolic OH excluding ortho intramolecular Hbond substituents is 1.